The van der Waals surface area contributed by atoms with Crippen LogP contribution in [0.2, 0.25) is 5.02 Å². The first-order valence-electron chi connectivity index (χ1n) is 4.08. The lowest BCUT2D eigenvalue weighted by Gasteiger charge is -1.96. The average molecular weight is 171 g/mol. The summed E-state index contributed by atoms with van der Waals surface area (Å²) >= 11 is 5.82. The van der Waals surface area contributed by atoms with Crippen LogP contribution < -0.4 is 0 Å². The molecule has 0 fully saturated rings. The monoisotopic (exact) mass is 170 g/mol. The van der Waals surface area contributed by atoms with Crippen molar-refractivity contribution in [2.45, 2.75) is 27.2 Å². The van der Waals surface area contributed by atoms with Gasteiger partial charge in [-0.15, -0.1) is 0 Å². The van der Waals surface area contributed by atoms with Crippen LogP contribution in [0.15, 0.2) is 24.3 Å². The summed E-state index contributed by atoms with van der Waals surface area (Å²) in [6.45, 7) is 6.10. The minimum Gasteiger partial charge on any atom is -0.0840 e. The lowest BCUT2D eigenvalue weighted by molar-refractivity contribution is 1.14. The molecule has 0 bridgehead atoms. The maximum absolute atomic E-state index is 5.82. The van der Waals surface area contributed by atoms with Crippen LogP contribution in [0.1, 0.15) is 26.3 Å². The molecule has 0 unspecified atom stereocenters. The Morgan fingerprint density at radius 3 is 2.09 bits per heavy atom. The molecule has 0 atom stereocenters. The zero-order chi connectivity index (χ0) is 8.69. The minimum atomic E-state index is 0.875. The van der Waals surface area contributed by atoms with Crippen LogP contribution in [0.5, 0.6) is 0 Å². The fourth-order valence-corrected chi connectivity index (χ4v) is 1.05. The Hall–Kier alpha value is -0.490. The Bertz CT molecular complexity index is 194. The van der Waals surface area contributed by atoms with Crippen LogP contribution in [0.25, 0.3) is 0 Å². The van der Waals surface area contributed by atoms with Gasteiger partial charge in [-0.2, -0.15) is 0 Å². The molecule has 11 heavy (non-hydrogen) atoms. The third-order valence-corrected chi connectivity index (χ3v) is 1.71. The van der Waals surface area contributed by atoms with Gasteiger partial charge in [0.1, 0.15) is 0 Å². The molecule has 1 heteroatoms. The summed E-state index contributed by atoms with van der Waals surface area (Å²) in [5.41, 5.74) is 1.22. The smallest absolute Gasteiger partial charge is 0.0437 e. The maximum Gasteiger partial charge on any atom is 0.0437 e. The van der Waals surface area contributed by atoms with Crippen molar-refractivity contribution in [2.24, 2.45) is 0 Å². The van der Waals surface area contributed by atoms with Crippen LogP contribution in [0.4, 0.5) is 0 Å². The van der Waals surface area contributed by atoms with Crippen LogP contribution in [-0.2, 0) is 6.42 Å². The van der Waals surface area contributed by atoms with Gasteiger partial charge in [0.15, 0.2) is 0 Å². The van der Waals surface area contributed by atoms with Crippen molar-refractivity contribution in [3.63, 3.8) is 0 Å². The molecule has 0 spiro atoms. The van der Waals surface area contributed by atoms with E-state index in [-0.39, 0.29) is 0 Å². The summed E-state index contributed by atoms with van der Waals surface area (Å²) in [5, 5.41) is 0.875. The molecule has 0 saturated heterocycles. The zero-order valence-corrected chi connectivity index (χ0v) is 8.15. The van der Waals surface area contributed by atoms with E-state index in [1.165, 1.54) is 5.56 Å². The zero-order valence-electron chi connectivity index (χ0n) is 7.39. The van der Waals surface area contributed by atoms with Gasteiger partial charge in [-0.1, -0.05) is 50.6 Å². The van der Waals surface area contributed by atoms with E-state index in [1.807, 2.05) is 38.1 Å². The molecule has 1 aromatic rings. The van der Waals surface area contributed by atoms with E-state index < -0.39 is 0 Å². The lowest BCUT2D eigenvalue weighted by atomic mass is 10.2. The molecule has 0 aliphatic carbocycles. The van der Waals surface area contributed by atoms with Gasteiger partial charge >= 0.3 is 0 Å². The molecule has 0 amide bonds. The molecule has 62 valence electrons. The van der Waals surface area contributed by atoms with E-state index in [9.17, 15) is 0 Å². The second-order valence-electron chi connectivity index (χ2n) is 1.94. The van der Waals surface area contributed by atoms with Crippen molar-refractivity contribution in [2.75, 3.05) is 0 Å². The molecule has 0 saturated carbocycles. The highest BCUT2D eigenvalue weighted by Gasteiger charge is 1.91. The van der Waals surface area contributed by atoms with E-state index in [0.717, 1.165) is 11.4 Å². The molecule has 0 radical (unpaired) electrons. The van der Waals surface area contributed by atoms with Gasteiger partial charge in [-0.25, -0.2) is 0 Å². The van der Waals surface area contributed by atoms with E-state index in [2.05, 4.69) is 6.92 Å². The second kappa shape index (κ2) is 6.23. The van der Waals surface area contributed by atoms with Crippen molar-refractivity contribution in [1.82, 2.24) is 0 Å². The molecular formula is C10H15Cl. The van der Waals surface area contributed by atoms with Gasteiger partial charge < -0.3 is 0 Å². The second-order valence-corrected chi connectivity index (χ2v) is 2.35. The first-order chi connectivity index (χ1) is 5.34. The predicted molar refractivity (Wildman–Crippen MR) is 52.2 cm³/mol. The maximum atomic E-state index is 5.82. The number of aryl methyl sites for hydroxylation is 1. The van der Waals surface area contributed by atoms with Crippen molar-refractivity contribution >= 4 is 11.6 Å². The fraction of sp³-hybridized carbons (Fsp3) is 0.400. The largest absolute Gasteiger partial charge is 0.0840 e. The van der Waals surface area contributed by atoms with Gasteiger partial charge in [-0.05, 0) is 18.1 Å². The third kappa shape index (κ3) is 3.43. The molecule has 0 aliphatic rings. The number of benzene rings is 1. The Balaban J connectivity index is 0.000000461. The molecule has 0 nitrogen and oxygen atoms in total. The predicted octanol–water partition coefficient (Wildman–Crippen LogP) is 3.93. The summed E-state index contributed by atoms with van der Waals surface area (Å²) < 4.78 is 0. The first-order valence-corrected chi connectivity index (χ1v) is 4.45. The number of rotatable bonds is 1. The van der Waals surface area contributed by atoms with E-state index in [1.54, 1.807) is 0 Å². The van der Waals surface area contributed by atoms with Crippen molar-refractivity contribution in [1.29, 1.82) is 0 Å². The average Bonchev–Trinajstić information content (AvgIpc) is 2.09. The van der Waals surface area contributed by atoms with Crippen LogP contribution in [-0.4, -0.2) is 0 Å². The minimum absolute atomic E-state index is 0.875. The standard InChI is InChI=1S/C8H9Cl.C2H6/c1-2-7-5-3-4-6-8(7)9;1-2/h3-6H,2H2,1H3;1-2H3. The van der Waals surface area contributed by atoms with Crippen molar-refractivity contribution < 1.29 is 0 Å². The molecule has 1 rings (SSSR count). The van der Waals surface area contributed by atoms with Crippen LogP contribution in [0.3, 0.4) is 0 Å². The molecule has 1 aromatic carbocycles. The summed E-state index contributed by atoms with van der Waals surface area (Å²) in [5.74, 6) is 0. The highest BCUT2D eigenvalue weighted by Crippen LogP contribution is 2.14. The SMILES string of the molecule is CC.CCc1ccccc1Cl. The van der Waals surface area contributed by atoms with Gasteiger partial charge in [0.25, 0.3) is 0 Å². The lowest BCUT2D eigenvalue weighted by Crippen LogP contribution is -1.78. The molecule has 0 N–H and O–H groups in total. The molecule has 0 aliphatic heterocycles. The van der Waals surface area contributed by atoms with Gasteiger partial charge in [0.05, 0.1) is 0 Å². The third-order valence-electron chi connectivity index (χ3n) is 1.34. The normalized spacial score (nSPS) is 8.36. The van der Waals surface area contributed by atoms with Gasteiger partial charge in [0, 0.05) is 5.02 Å². The highest BCUT2D eigenvalue weighted by atomic mass is 35.5. The van der Waals surface area contributed by atoms with E-state index in [4.69, 9.17) is 11.6 Å². The Morgan fingerprint density at radius 1 is 1.18 bits per heavy atom. The molecular weight excluding hydrogens is 156 g/mol. The summed E-state index contributed by atoms with van der Waals surface area (Å²) in [7, 11) is 0. The quantitative estimate of drug-likeness (QED) is 0.599. The highest BCUT2D eigenvalue weighted by molar-refractivity contribution is 6.31. The van der Waals surface area contributed by atoms with Gasteiger partial charge in [-0.3, -0.25) is 0 Å². The fourth-order valence-electron chi connectivity index (χ4n) is 0.785. The Kier molecular flexibility index (Phi) is 5.96. The summed E-state index contributed by atoms with van der Waals surface area (Å²) in [4.78, 5) is 0. The first kappa shape index (κ1) is 10.5. The van der Waals surface area contributed by atoms with Crippen LogP contribution >= 0.6 is 11.6 Å². The number of hydrogen-bond acceptors (Lipinski definition) is 0. The van der Waals surface area contributed by atoms with Crippen molar-refractivity contribution in [3.8, 4) is 0 Å². The van der Waals surface area contributed by atoms with E-state index >= 15 is 0 Å². The topological polar surface area (TPSA) is 0 Å². The molecule has 0 aromatic heterocycles. The number of halogens is 1. The molecule has 0 heterocycles. The van der Waals surface area contributed by atoms with Crippen molar-refractivity contribution in [3.05, 3.63) is 34.9 Å². The Labute approximate surface area is 74.2 Å². The number of hydrogen-bond donors (Lipinski definition) is 0. The van der Waals surface area contributed by atoms with Crippen LogP contribution in [0, 0.1) is 0 Å². The van der Waals surface area contributed by atoms with Gasteiger partial charge in [0.2, 0.25) is 0 Å². The summed E-state index contributed by atoms with van der Waals surface area (Å²) in [6, 6.07) is 7.91. The van der Waals surface area contributed by atoms with E-state index in [0.29, 0.717) is 0 Å². The Morgan fingerprint density at radius 2 is 1.73 bits per heavy atom. The summed E-state index contributed by atoms with van der Waals surface area (Å²) in [6.07, 6.45) is 1.01.